The fourth-order valence-electron chi connectivity index (χ4n) is 5.24. The van der Waals surface area contributed by atoms with Crippen molar-refractivity contribution in [2.24, 2.45) is 11.8 Å². The third kappa shape index (κ3) is 6.92. The Labute approximate surface area is 201 Å². The lowest BCUT2D eigenvalue weighted by atomic mass is 9.79. The van der Waals surface area contributed by atoms with Crippen LogP contribution in [0.1, 0.15) is 74.3 Å². The van der Waals surface area contributed by atoms with Gasteiger partial charge in [-0.15, -0.1) is 0 Å². The van der Waals surface area contributed by atoms with Crippen molar-refractivity contribution < 1.29 is 28.5 Å². The van der Waals surface area contributed by atoms with Gasteiger partial charge in [0.15, 0.2) is 0 Å². The summed E-state index contributed by atoms with van der Waals surface area (Å²) in [6.07, 6.45) is 7.75. The summed E-state index contributed by atoms with van der Waals surface area (Å²) in [5, 5.41) is 18.2. The van der Waals surface area contributed by atoms with Crippen LogP contribution < -0.4 is 9.47 Å². The van der Waals surface area contributed by atoms with E-state index in [4.69, 9.17) is 19.7 Å². The van der Waals surface area contributed by atoms with Crippen LogP contribution in [0.5, 0.6) is 11.5 Å². The zero-order chi connectivity index (χ0) is 24.5. The van der Waals surface area contributed by atoms with Crippen LogP contribution in [0.2, 0.25) is 0 Å². The Morgan fingerprint density at radius 1 is 0.647 bits per heavy atom. The molecule has 0 saturated heterocycles. The van der Waals surface area contributed by atoms with E-state index < -0.39 is 0 Å². The van der Waals surface area contributed by atoms with Crippen LogP contribution in [0.3, 0.4) is 0 Å². The average molecular weight is 477 g/mol. The Bertz CT molecular complexity index is 814. The fraction of sp³-hybridized carbons (Fsp3) is 0.571. The summed E-state index contributed by atoms with van der Waals surface area (Å²) >= 11 is 0. The Balaban J connectivity index is 0.000000191. The van der Waals surface area contributed by atoms with Crippen LogP contribution >= 0.6 is 0 Å². The standard InChI is InChI=1S/2C14H19FO2/c2*1-17-12-6-7-14(15)13(8-12)11-4-2-10(9-16)3-5-11/h2*6-8,10-11,16H,2-5,9H2,1H3. The number of aliphatic hydroxyl groups is 2. The van der Waals surface area contributed by atoms with Gasteiger partial charge >= 0.3 is 0 Å². The highest BCUT2D eigenvalue weighted by Gasteiger charge is 2.25. The predicted molar refractivity (Wildman–Crippen MR) is 129 cm³/mol. The van der Waals surface area contributed by atoms with Crippen molar-refractivity contribution in [3.8, 4) is 11.5 Å². The van der Waals surface area contributed by atoms with Gasteiger partial charge in [0, 0.05) is 13.2 Å². The number of aliphatic hydroxyl groups excluding tert-OH is 2. The molecule has 0 aliphatic heterocycles. The van der Waals surface area contributed by atoms with Crippen molar-refractivity contribution in [1.29, 1.82) is 0 Å². The molecule has 2 N–H and O–H groups in total. The van der Waals surface area contributed by atoms with Gasteiger partial charge in [0.1, 0.15) is 23.1 Å². The minimum Gasteiger partial charge on any atom is -0.497 e. The molecule has 2 aromatic carbocycles. The van der Waals surface area contributed by atoms with E-state index in [9.17, 15) is 8.78 Å². The van der Waals surface area contributed by atoms with Crippen LogP contribution in [-0.2, 0) is 0 Å². The van der Waals surface area contributed by atoms with Gasteiger partial charge in [-0.3, -0.25) is 0 Å². The van der Waals surface area contributed by atoms with E-state index >= 15 is 0 Å². The number of hydrogen-bond donors (Lipinski definition) is 2. The molecule has 34 heavy (non-hydrogen) atoms. The molecule has 2 fully saturated rings. The topological polar surface area (TPSA) is 58.9 Å². The lowest BCUT2D eigenvalue weighted by molar-refractivity contribution is 0.181. The van der Waals surface area contributed by atoms with Gasteiger partial charge in [-0.1, -0.05) is 0 Å². The Hall–Kier alpha value is -2.18. The second-order valence-electron chi connectivity index (χ2n) is 9.58. The summed E-state index contributed by atoms with van der Waals surface area (Å²) in [4.78, 5) is 0. The van der Waals surface area contributed by atoms with Crippen molar-refractivity contribution in [1.82, 2.24) is 0 Å². The van der Waals surface area contributed by atoms with Crippen molar-refractivity contribution in [2.45, 2.75) is 63.2 Å². The summed E-state index contributed by atoms with van der Waals surface area (Å²) < 4.78 is 37.8. The molecule has 188 valence electrons. The molecule has 6 heteroatoms. The van der Waals surface area contributed by atoms with E-state index in [1.165, 1.54) is 12.1 Å². The Morgan fingerprint density at radius 3 is 1.29 bits per heavy atom. The van der Waals surface area contributed by atoms with Crippen LogP contribution in [0, 0.1) is 23.5 Å². The van der Waals surface area contributed by atoms with E-state index in [2.05, 4.69) is 0 Å². The first-order chi connectivity index (χ1) is 16.5. The lowest BCUT2D eigenvalue weighted by Crippen LogP contribution is -2.16. The molecule has 0 heterocycles. The van der Waals surface area contributed by atoms with Crippen LogP contribution in [0.25, 0.3) is 0 Å². The second kappa shape index (κ2) is 13.1. The van der Waals surface area contributed by atoms with Crippen molar-refractivity contribution >= 4 is 0 Å². The molecule has 2 aromatic rings. The molecule has 0 bridgehead atoms. The first-order valence-corrected chi connectivity index (χ1v) is 12.4. The van der Waals surface area contributed by atoms with E-state index in [-0.39, 0.29) is 36.7 Å². The molecular weight excluding hydrogens is 438 g/mol. The molecule has 2 aliphatic carbocycles. The first kappa shape index (κ1) is 26.4. The van der Waals surface area contributed by atoms with Crippen molar-refractivity contribution in [3.63, 3.8) is 0 Å². The van der Waals surface area contributed by atoms with Gasteiger partial charge in [-0.2, -0.15) is 0 Å². The van der Waals surface area contributed by atoms with E-state index in [0.717, 1.165) is 62.5 Å². The maximum atomic E-state index is 13.8. The summed E-state index contributed by atoms with van der Waals surface area (Å²) in [5.41, 5.74) is 1.53. The van der Waals surface area contributed by atoms with Gasteiger partial charge in [0.2, 0.25) is 0 Å². The molecule has 2 aliphatic rings. The predicted octanol–water partition coefficient (Wildman–Crippen LogP) is 6.20. The van der Waals surface area contributed by atoms with E-state index in [1.807, 2.05) is 0 Å². The molecule has 0 radical (unpaired) electrons. The summed E-state index contributed by atoms with van der Waals surface area (Å²) in [6, 6.07) is 9.87. The monoisotopic (exact) mass is 476 g/mol. The normalized spacial score (nSPS) is 24.6. The summed E-state index contributed by atoms with van der Waals surface area (Å²) in [6.45, 7) is 0.515. The highest BCUT2D eigenvalue weighted by Crippen LogP contribution is 2.39. The lowest BCUT2D eigenvalue weighted by Gasteiger charge is -2.28. The van der Waals surface area contributed by atoms with Crippen molar-refractivity contribution in [2.75, 3.05) is 27.4 Å². The van der Waals surface area contributed by atoms with Crippen LogP contribution in [0.15, 0.2) is 36.4 Å². The minimum atomic E-state index is -0.141. The Morgan fingerprint density at radius 2 is 1.00 bits per heavy atom. The molecule has 0 atom stereocenters. The summed E-state index contributed by atoms with van der Waals surface area (Å²) in [7, 11) is 3.19. The van der Waals surface area contributed by atoms with Gasteiger partial charge < -0.3 is 19.7 Å². The highest BCUT2D eigenvalue weighted by molar-refractivity contribution is 5.33. The third-order valence-electron chi connectivity index (χ3n) is 7.50. The number of benzene rings is 2. The third-order valence-corrected chi connectivity index (χ3v) is 7.50. The molecule has 0 unspecified atom stereocenters. The quantitative estimate of drug-likeness (QED) is 0.521. The number of hydrogen-bond acceptors (Lipinski definition) is 4. The van der Waals surface area contributed by atoms with Gasteiger partial charge in [0.25, 0.3) is 0 Å². The number of ether oxygens (including phenoxy) is 2. The molecule has 0 aromatic heterocycles. The molecule has 0 spiro atoms. The maximum absolute atomic E-state index is 13.8. The molecule has 0 amide bonds. The van der Waals surface area contributed by atoms with E-state index in [0.29, 0.717) is 23.3 Å². The molecule has 4 rings (SSSR count). The number of methoxy groups -OCH3 is 2. The minimum absolute atomic E-state index is 0.141. The van der Waals surface area contributed by atoms with Gasteiger partial charge in [-0.05, 0) is 123 Å². The summed E-state index contributed by atoms with van der Waals surface area (Å²) in [5.74, 6) is 2.49. The molecule has 4 nitrogen and oxygen atoms in total. The second-order valence-corrected chi connectivity index (χ2v) is 9.58. The smallest absolute Gasteiger partial charge is 0.126 e. The van der Waals surface area contributed by atoms with Gasteiger partial charge in [0.05, 0.1) is 14.2 Å². The largest absolute Gasteiger partial charge is 0.497 e. The van der Waals surface area contributed by atoms with Crippen LogP contribution in [0.4, 0.5) is 8.78 Å². The van der Waals surface area contributed by atoms with Crippen LogP contribution in [-0.4, -0.2) is 37.6 Å². The zero-order valence-corrected chi connectivity index (χ0v) is 20.3. The maximum Gasteiger partial charge on any atom is 0.126 e. The van der Waals surface area contributed by atoms with Crippen molar-refractivity contribution in [3.05, 3.63) is 59.2 Å². The number of rotatable bonds is 6. The first-order valence-electron chi connectivity index (χ1n) is 12.4. The van der Waals surface area contributed by atoms with E-state index in [1.54, 1.807) is 38.5 Å². The molecule has 2 saturated carbocycles. The number of halogens is 2. The fourth-order valence-corrected chi connectivity index (χ4v) is 5.24. The zero-order valence-electron chi connectivity index (χ0n) is 20.3. The Kier molecular flexibility index (Phi) is 10.1. The molecular formula is C28H38F2O4. The SMILES string of the molecule is COc1ccc(F)c(C2CCC(CO)CC2)c1.COc1ccc(F)c(C2CCC(CO)CC2)c1. The highest BCUT2D eigenvalue weighted by atomic mass is 19.1. The van der Waals surface area contributed by atoms with Gasteiger partial charge in [-0.25, -0.2) is 8.78 Å². The average Bonchev–Trinajstić information content (AvgIpc) is 2.90.